The van der Waals surface area contributed by atoms with Gasteiger partial charge in [0.05, 0.1) is 6.21 Å². The zero-order valence-corrected chi connectivity index (χ0v) is 19.0. The van der Waals surface area contributed by atoms with Crippen LogP contribution in [-0.2, 0) is 9.59 Å². The lowest BCUT2D eigenvalue weighted by Gasteiger charge is -2.19. The standard InChI is InChI=1S/C25H33N3O3/c1-17(2)14-22(27-24(29)16-31-23-9-7-6-8-19(23)5)25(30)28-26-15-20-10-12-21(13-11-20)18(3)4/h6-13,15,17-18,22H,14,16H2,1-5H3,(H,27,29)(H,28,30)/b26-15-/t22-/m0/s1. The largest absolute Gasteiger partial charge is 0.484 e. The first-order chi connectivity index (χ1) is 14.8. The molecule has 166 valence electrons. The predicted molar refractivity (Wildman–Crippen MR) is 124 cm³/mol. The molecule has 0 aliphatic heterocycles. The quantitative estimate of drug-likeness (QED) is 0.444. The fourth-order valence-corrected chi connectivity index (χ4v) is 3.02. The monoisotopic (exact) mass is 423 g/mol. The van der Waals surface area contributed by atoms with E-state index in [4.69, 9.17) is 4.74 Å². The van der Waals surface area contributed by atoms with Gasteiger partial charge in [0, 0.05) is 0 Å². The summed E-state index contributed by atoms with van der Waals surface area (Å²) >= 11 is 0. The molecule has 0 spiro atoms. The summed E-state index contributed by atoms with van der Waals surface area (Å²) in [7, 11) is 0. The number of carbonyl (C=O) groups excluding carboxylic acids is 2. The highest BCUT2D eigenvalue weighted by Gasteiger charge is 2.22. The predicted octanol–water partition coefficient (Wildman–Crippen LogP) is 4.18. The van der Waals surface area contributed by atoms with Crippen LogP contribution in [0.3, 0.4) is 0 Å². The SMILES string of the molecule is Cc1ccccc1OCC(=O)N[C@@H](CC(C)C)C(=O)N/N=C\c1ccc(C(C)C)cc1. The molecule has 2 aromatic carbocycles. The summed E-state index contributed by atoms with van der Waals surface area (Å²) in [4.78, 5) is 24.9. The molecule has 0 aliphatic rings. The number of rotatable bonds is 10. The van der Waals surface area contributed by atoms with E-state index in [0.717, 1.165) is 11.1 Å². The number of para-hydroxylation sites is 1. The molecule has 0 aliphatic carbocycles. The molecule has 31 heavy (non-hydrogen) atoms. The molecule has 0 aromatic heterocycles. The van der Waals surface area contributed by atoms with Crippen LogP contribution in [0.5, 0.6) is 5.75 Å². The van der Waals surface area contributed by atoms with Gasteiger partial charge in [-0.25, -0.2) is 5.43 Å². The minimum absolute atomic E-state index is 0.155. The van der Waals surface area contributed by atoms with Crippen molar-refractivity contribution < 1.29 is 14.3 Å². The number of hydrazone groups is 1. The zero-order valence-electron chi connectivity index (χ0n) is 19.0. The molecule has 0 fully saturated rings. The van der Waals surface area contributed by atoms with Crippen molar-refractivity contribution in [3.63, 3.8) is 0 Å². The summed E-state index contributed by atoms with van der Waals surface area (Å²) in [5, 5.41) is 6.81. The van der Waals surface area contributed by atoms with Crippen LogP contribution >= 0.6 is 0 Å². The van der Waals surface area contributed by atoms with Crippen LogP contribution in [0.4, 0.5) is 0 Å². The van der Waals surface area contributed by atoms with Crippen molar-refractivity contribution in [1.82, 2.24) is 10.7 Å². The van der Waals surface area contributed by atoms with Gasteiger partial charge in [-0.15, -0.1) is 0 Å². The van der Waals surface area contributed by atoms with E-state index in [0.29, 0.717) is 18.1 Å². The maximum Gasteiger partial charge on any atom is 0.262 e. The third kappa shape index (κ3) is 8.24. The van der Waals surface area contributed by atoms with Crippen molar-refractivity contribution in [2.45, 2.75) is 53.0 Å². The molecule has 0 saturated carbocycles. The molecule has 0 heterocycles. The van der Waals surface area contributed by atoms with E-state index >= 15 is 0 Å². The summed E-state index contributed by atoms with van der Waals surface area (Å²) in [5.74, 6) is 0.627. The highest BCUT2D eigenvalue weighted by molar-refractivity contribution is 5.89. The summed E-state index contributed by atoms with van der Waals surface area (Å²) in [6.45, 7) is 10.0. The fraction of sp³-hybridized carbons (Fsp3) is 0.400. The number of benzene rings is 2. The van der Waals surface area contributed by atoms with E-state index < -0.39 is 6.04 Å². The average molecular weight is 424 g/mol. The number of ether oxygens (including phenoxy) is 1. The van der Waals surface area contributed by atoms with Gasteiger partial charge in [0.1, 0.15) is 11.8 Å². The Bertz CT molecular complexity index is 889. The number of carbonyl (C=O) groups is 2. The molecule has 2 N–H and O–H groups in total. The second-order valence-corrected chi connectivity index (χ2v) is 8.36. The smallest absolute Gasteiger partial charge is 0.262 e. The third-order valence-electron chi connectivity index (χ3n) is 4.80. The van der Waals surface area contributed by atoms with Gasteiger partial charge in [0.15, 0.2) is 6.61 Å². The van der Waals surface area contributed by atoms with Gasteiger partial charge in [-0.1, -0.05) is 70.2 Å². The summed E-state index contributed by atoms with van der Waals surface area (Å²) in [5.41, 5.74) is 5.62. The summed E-state index contributed by atoms with van der Waals surface area (Å²) in [6.07, 6.45) is 2.10. The van der Waals surface area contributed by atoms with Crippen LogP contribution in [0.15, 0.2) is 53.6 Å². The number of hydrogen-bond donors (Lipinski definition) is 2. The Hall–Kier alpha value is -3.15. The van der Waals surface area contributed by atoms with Crippen molar-refractivity contribution in [3.8, 4) is 5.75 Å². The Morgan fingerprint density at radius 2 is 1.71 bits per heavy atom. The molecule has 6 heteroatoms. The topological polar surface area (TPSA) is 79.8 Å². The molecule has 2 rings (SSSR count). The Kier molecular flexibility index (Phi) is 9.25. The first kappa shape index (κ1) is 24.1. The highest BCUT2D eigenvalue weighted by Crippen LogP contribution is 2.16. The van der Waals surface area contributed by atoms with E-state index in [1.54, 1.807) is 6.21 Å². The van der Waals surface area contributed by atoms with Crippen LogP contribution in [0.25, 0.3) is 0 Å². The second kappa shape index (κ2) is 11.9. The van der Waals surface area contributed by atoms with Crippen LogP contribution in [0.2, 0.25) is 0 Å². The molecule has 2 aromatic rings. The average Bonchev–Trinajstić information content (AvgIpc) is 2.72. The van der Waals surface area contributed by atoms with E-state index in [9.17, 15) is 9.59 Å². The first-order valence-electron chi connectivity index (χ1n) is 10.7. The first-order valence-corrected chi connectivity index (χ1v) is 10.7. The summed E-state index contributed by atoms with van der Waals surface area (Å²) in [6, 6.07) is 14.8. The number of nitrogens with zero attached hydrogens (tertiary/aromatic N) is 1. The van der Waals surface area contributed by atoms with Crippen molar-refractivity contribution in [2.24, 2.45) is 11.0 Å². The van der Waals surface area contributed by atoms with Gasteiger partial charge < -0.3 is 10.1 Å². The second-order valence-electron chi connectivity index (χ2n) is 8.36. The van der Waals surface area contributed by atoms with Gasteiger partial charge in [-0.2, -0.15) is 5.10 Å². The van der Waals surface area contributed by atoms with E-state index in [2.05, 4.69) is 29.7 Å². The Morgan fingerprint density at radius 3 is 2.32 bits per heavy atom. The Labute approximate surface area is 185 Å². The molecule has 0 bridgehead atoms. The third-order valence-corrected chi connectivity index (χ3v) is 4.80. The van der Waals surface area contributed by atoms with Gasteiger partial charge in [0.25, 0.3) is 11.8 Å². The maximum absolute atomic E-state index is 12.6. The van der Waals surface area contributed by atoms with Gasteiger partial charge in [-0.3, -0.25) is 9.59 Å². The van der Waals surface area contributed by atoms with E-state index in [1.165, 1.54) is 5.56 Å². The van der Waals surface area contributed by atoms with Crippen LogP contribution < -0.4 is 15.5 Å². The Balaban J connectivity index is 1.91. The fourth-order valence-electron chi connectivity index (χ4n) is 3.02. The number of nitrogens with one attached hydrogen (secondary N) is 2. The molecular weight excluding hydrogens is 390 g/mol. The van der Waals surface area contributed by atoms with Crippen molar-refractivity contribution in [2.75, 3.05) is 6.61 Å². The highest BCUT2D eigenvalue weighted by atomic mass is 16.5. The zero-order chi connectivity index (χ0) is 22.8. The molecule has 2 amide bonds. The summed E-state index contributed by atoms with van der Waals surface area (Å²) < 4.78 is 5.58. The lowest BCUT2D eigenvalue weighted by Crippen LogP contribution is -2.47. The molecule has 0 saturated heterocycles. The number of aryl methyl sites for hydroxylation is 1. The lowest BCUT2D eigenvalue weighted by molar-refractivity contribution is -0.130. The van der Waals surface area contributed by atoms with Crippen LogP contribution in [0, 0.1) is 12.8 Å². The van der Waals surface area contributed by atoms with Gasteiger partial charge in [0.2, 0.25) is 0 Å². The maximum atomic E-state index is 12.6. The molecular formula is C25H33N3O3. The van der Waals surface area contributed by atoms with Crippen molar-refractivity contribution in [1.29, 1.82) is 0 Å². The molecule has 1 atom stereocenters. The molecule has 0 radical (unpaired) electrons. The van der Waals surface area contributed by atoms with Crippen LogP contribution in [0.1, 0.15) is 56.7 Å². The minimum atomic E-state index is -0.687. The van der Waals surface area contributed by atoms with Crippen molar-refractivity contribution in [3.05, 3.63) is 65.2 Å². The number of hydrogen-bond acceptors (Lipinski definition) is 4. The number of amides is 2. The lowest BCUT2D eigenvalue weighted by atomic mass is 10.0. The molecule has 6 nitrogen and oxygen atoms in total. The van der Waals surface area contributed by atoms with E-state index in [1.807, 2.05) is 69.3 Å². The van der Waals surface area contributed by atoms with Gasteiger partial charge >= 0.3 is 0 Å². The van der Waals surface area contributed by atoms with Crippen molar-refractivity contribution >= 4 is 18.0 Å². The Morgan fingerprint density at radius 1 is 1.03 bits per heavy atom. The molecule has 0 unspecified atom stereocenters. The normalized spacial score (nSPS) is 12.2. The van der Waals surface area contributed by atoms with Crippen LogP contribution in [-0.4, -0.2) is 30.7 Å². The van der Waals surface area contributed by atoms with Gasteiger partial charge in [-0.05, 0) is 47.9 Å². The van der Waals surface area contributed by atoms with E-state index in [-0.39, 0.29) is 24.3 Å². The minimum Gasteiger partial charge on any atom is -0.484 e.